The van der Waals surface area contributed by atoms with Gasteiger partial charge in [-0.2, -0.15) is 0 Å². The molecule has 2 fully saturated rings. The zero-order valence-corrected chi connectivity index (χ0v) is 10.3. The lowest BCUT2D eigenvalue weighted by Crippen LogP contribution is -2.38. The molecular weight excluding hydrogens is 188 g/mol. The number of carbonyl (C=O) groups is 1. The lowest BCUT2D eigenvalue weighted by Gasteiger charge is -2.38. The molecule has 2 aliphatic rings. The molecule has 15 heavy (non-hydrogen) atoms. The van der Waals surface area contributed by atoms with Crippen LogP contribution in [0.4, 0.5) is 0 Å². The zero-order valence-electron chi connectivity index (χ0n) is 10.3. The maximum atomic E-state index is 11.4. The lowest BCUT2D eigenvalue weighted by molar-refractivity contribution is -0.156. The van der Waals surface area contributed by atoms with Gasteiger partial charge in [0.05, 0.1) is 0 Å². The monoisotopic (exact) mass is 210 g/mol. The van der Waals surface area contributed by atoms with Gasteiger partial charge < -0.3 is 4.74 Å². The molecule has 2 rings (SSSR count). The van der Waals surface area contributed by atoms with Gasteiger partial charge in [-0.3, -0.25) is 4.79 Å². The minimum absolute atomic E-state index is 0.0374. The third kappa shape index (κ3) is 1.33. The second-order valence-electron chi connectivity index (χ2n) is 5.94. The largest absolute Gasteiger partial charge is 0.462 e. The van der Waals surface area contributed by atoms with E-state index < -0.39 is 0 Å². The first kappa shape index (κ1) is 11.0. The molecule has 0 unspecified atom stereocenters. The number of rotatable bonds is 2. The highest BCUT2D eigenvalue weighted by atomic mass is 16.5. The molecule has 0 spiro atoms. The van der Waals surface area contributed by atoms with Crippen molar-refractivity contribution in [1.29, 1.82) is 0 Å². The lowest BCUT2D eigenvalue weighted by atomic mass is 9.70. The van der Waals surface area contributed by atoms with Gasteiger partial charge >= 0.3 is 5.97 Å². The molecule has 2 bridgehead atoms. The Bertz CT molecular complexity index is 282. The second-order valence-corrected chi connectivity index (χ2v) is 5.94. The zero-order chi connectivity index (χ0) is 11.3. The molecule has 0 N–H and O–H groups in total. The molecule has 86 valence electrons. The van der Waals surface area contributed by atoms with Gasteiger partial charge in [0.2, 0.25) is 0 Å². The Morgan fingerprint density at radius 2 is 2.07 bits per heavy atom. The summed E-state index contributed by atoms with van der Waals surface area (Å²) in [5.74, 6) is 0.710. The van der Waals surface area contributed by atoms with Crippen molar-refractivity contribution in [3.63, 3.8) is 0 Å². The molecule has 0 aromatic rings. The van der Waals surface area contributed by atoms with Crippen molar-refractivity contribution in [3.05, 3.63) is 0 Å². The molecule has 3 atom stereocenters. The molecule has 0 amide bonds. The van der Waals surface area contributed by atoms with E-state index in [0.29, 0.717) is 11.8 Å². The van der Waals surface area contributed by atoms with Crippen molar-refractivity contribution in [2.45, 2.75) is 59.5 Å². The summed E-state index contributed by atoms with van der Waals surface area (Å²) in [4.78, 5) is 11.4. The van der Waals surface area contributed by atoms with Crippen LogP contribution in [0, 0.1) is 16.7 Å². The minimum Gasteiger partial charge on any atom is -0.462 e. The number of carbonyl (C=O) groups excluding carboxylic acids is 1. The molecule has 0 radical (unpaired) electrons. The predicted molar refractivity (Wildman–Crippen MR) is 59.4 cm³/mol. The van der Waals surface area contributed by atoms with Crippen LogP contribution < -0.4 is 0 Å². The van der Waals surface area contributed by atoms with Gasteiger partial charge in [0.15, 0.2) is 0 Å². The van der Waals surface area contributed by atoms with Gasteiger partial charge in [0, 0.05) is 11.8 Å². The van der Waals surface area contributed by atoms with Crippen LogP contribution >= 0.6 is 0 Å². The van der Waals surface area contributed by atoms with E-state index in [1.807, 2.05) is 6.92 Å². The highest BCUT2D eigenvalue weighted by molar-refractivity contribution is 5.69. The van der Waals surface area contributed by atoms with Gasteiger partial charge in [-0.05, 0) is 30.6 Å². The van der Waals surface area contributed by atoms with Gasteiger partial charge in [-0.15, -0.1) is 0 Å². The van der Waals surface area contributed by atoms with Gasteiger partial charge in [-0.25, -0.2) is 0 Å². The van der Waals surface area contributed by atoms with Crippen LogP contribution in [0.1, 0.15) is 53.4 Å². The average Bonchev–Trinajstić information content (AvgIpc) is 2.50. The third-order valence-corrected chi connectivity index (χ3v) is 5.28. The van der Waals surface area contributed by atoms with E-state index in [4.69, 9.17) is 4.74 Å². The van der Waals surface area contributed by atoms with E-state index in [-0.39, 0.29) is 17.5 Å². The predicted octanol–water partition coefficient (Wildman–Crippen LogP) is 3.15. The summed E-state index contributed by atoms with van der Waals surface area (Å²) in [6.45, 7) is 8.84. The molecular formula is C13H22O2. The number of ether oxygens (including phenoxy) is 1. The normalized spacial score (nSPS) is 41.9. The standard InChI is InChI=1S/C13H22O2/c1-5-11(14)15-10-8-9-6-7-13(10,4)12(9,2)3/h9-10H,5-8H2,1-4H3/t9-,10-,13+/m0/s1. The van der Waals surface area contributed by atoms with Crippen LogP contribution in [-0.2, 0) is 9.53 Å². The van der Waals surface area contributed by atoms with Crippen LogP contribution in [0.3, 0.4) is 0 Å². The Balaban J connectivity index is 2.15. The van der Waals surface area contributed by atoms with Gasteiger partial charge in [0.1, 0.15) is 6.10 Å². The van der Waals surface area contributed by atoms with Gasteiger partial charge in [0.25, 0.3) is 0 Å². The van der Waals surface area contributed by atoms with Crippen molar-refractivity contribution < 1.29 is 9.53 Å². The Kier molecular flexibility index (Phi) is 2.36. The molecule has 2 nitrogen and oxygen atoms in total. The second kappa shape index (κ2) is 3.23. The highest BCUT2D eigenvalue weighted by Crippen LogP contribution is 2.66. The van der Waals surface area contributed by atoms with Crippen LogP contribution in [-0.4, -0.2) is 12.1 Å². The number of hydrogen-bond donors (Lipinski definition) is 0. The SMILES string of the molecule is CCC(=O)O[C@H]1C[C@@H]2CC[C@@]1(C)C2(C)C. The van der Waals surface area contributed by atoms with E-state index in [1.54, 1.807) is 0 Å². The Labute approximate surface area is 92.4 Å². The van der Waals surface area contributed by atoms with E-state index in [2.05, 4.69) is 20.8 Å². The molecule has 2 aliphatic carbocycles. The average molecular weight is 210 g/mol. The number of hydrogen-bond acceptors (Lipinski definition) is 2. The molecule has 0 aromatic heterocycles. The molecule has 2 saturated carbocycles. The smallest absolute Gasteiger partial charge is 0.305 e. The number of fused-ring (bicyclic) bond motifs is 2. The summed E-state index contributed by atoms with van der Waals surface area (Å²) < 4.78 is 5.59. The topological polar surface area (TPSA) is 26.3 Å². The van der Waals surface area contributed by atoms with E-state index >= 15 is 0 Å². The Morgan fingerprint density at radius 3 is 2.47 bits per heavy atom. The first-order valence-corrected chi connectivity index (χ1v) is 6.11. The van der Waals surface area contributed by atoms with Crippen molar-refractivity contribution >= 4 is 5.97 Å². The van der Waals surface area contributed by atoms with Crippen LogP contribution in [0.2, 0.25) is 0 Å². The molecule has 2 heteroatoms. The fraction of sp³-hybridized carbons (Fsp3) is 0.923. The van der Waals surface area contributed by atoms with Crippen LogP contribution in [0.15, 0.2) is 0 Å². The first-order chi connectivity index (χ1) is 6.91. The van der Waals surface area contributed by atoms with Crippen molar-refractivity contribution in [3.8, 4) is 0 Å². The van der Waals surface area contributed by atoms with Crippen molar-refractivity contribution in [1.82, 2.24) is 0 Å². The molecule has 0 heterocycles. The fourth-order valence-corrected chi connectivity index (χ4v) is 3.55. The van der Waals surface area contributed by atoms with Crippen molar-refractivity contribution in [2.24, 2.45) is 16.7 Å². The summed E-state index contributed by atoms with van der Waals surface area (Å²) in [6, 6.07) is 0. The highest BCUT2D eigenvalue weighted by Gasteiger charge is 2.62. The summed E-state index contributed by atoms with van der Waals surface area (Å²) in [6.07, 6.45) is 4.27. The quantitative estimate of drug-likeness (QED) is 0.654. The van der Waals surface area contributed by atoms with E-state index in [1.165, 1.54) is 12.8 Å². The first-order valence-electron chi connectivity index (χ1n) is 6.11. The summed E-state index contributed by atoms with van der Waals surface area (Å²) in [5, 5.41) is 0. The van der Waals surface area contributed by atoms with E-state index in [9.17, 15) is 4.79 Å². The fourth-order valence-electron chi connectivity index (χ4n) is 3.55. The maximum absolute atomic E-state index is 11.4. The number of esters is 1. The molecule has 0 aliphatic heterocycles. The van der Waals surface area contributed by atoms with E-state index in [0.717, 1.165) is 12.3 Å². The van der Waals surface area contributed by atoms with Crippen LogP contribution in [0.5, 0.6) is 0 Å². The Morgan fingerprint density at radius 1 is 1.40 bits per heavy atom. The Hall–Kier alpha value is -0.530. The summed E-state index contributed by atoms with van der Waals surface area (Å²) >= 11 is 0. The van der Waals surface area contributed by atoms with Crippen molar-refractivity contribution in [2.75, 3.05) is 0 Å². The molecule has 0 saturated heterocycles. The third-order valence-electron chi connectivity index (χ3n) is 5.28. The summed E-state index contributed by atoms with van der Waals surface area (Å²) in [7, 11) is 0. The molecule has 0 aromatic carbocycles. The minimum atomic E-state index is -0.0374. The van der Waals surface area contributed by atoms with Gasteiger partial charge in [-0.1, -0.05) is 27.7 Å². The maximum Gasteiger partial charge on any atom is 0.305 e. The summed E-state index contributed by atoms with van der Waals surface area (Å²) in [5.41, 5.74) is 0.550. The van der Waals surface area contributed by atoms with Crippen LogP contribution in [0.25, 0.3) is 0 Å².